The SMILES string of the molecule is CC1CC(C(=O)NCCCN2CCOCC2)CCC1N. The first-order chi connectivity index (χ1) is 9.66. The normalized spacial score (nSPS) is 32.0. The molecule has 2 fully saturated rings. The number of rotatable bonds is 5. The van der Waals surface area contributed by atoms with Crippen LogP contribution in [-0.4, -0.2) is 56.2 Å². The molecule has 0 radical (unpaired) electrons. The van der Waals surface area contributed by atoms with Gasteiger partial charge in [-0.1, -0.05) is 6.92 Å². The Morgan fingerprint density at radius 1 is 1.35 bits per heavy atom. The van der Waals surface area contributed by atoms with Crippen molar-refractivity contribution in [3.05, 3.63) is 0 Å². The largest absolute Gasteiger partial charge is 0.379 e. The summed E-state index contributed by atoms with van der Waals surface area (Å²) >= 11 is 0. The van der Waals surface area contributed by atoms with Gasteiger partial charge < -0.3 is 15.8 Å². The summed E-state index contributed by atoms with van der Waals surface area (Å²) in [7, 11) is 0. The van der Waals surface area contributed by atoms with E-state index >= 15 is 0 Å². The van der Waals surface area contributed by atoms with Crippen molar-refractivity contribution < 1.29 is 9.53 Å². The fraction of sp³-hybridized carbons (Fsp3) is 0.933. The van der Waals surface area contributed by atoms with E-state index in [0.29, 0.717) is 5.92 Å². The summed E-state index contributed by atoms with van der Waals surface area (Å²) < 4.78 is 5.32. The third-order valence-electron chi connectivity index (χ3n) is 4.66. The predicted molar refractivity (Wildman–Crippen MR) is 79.4 cm³/mol. The second-order valence-corrected chi connectivity index (χ2v) is 6.25. The van der Waals surface area contributed by atoms with E-state index in [4.69, 9.17) is 10.5 Å². The Morgan fingerprint density at radius 3 is 2.80 bits per heavy atom. The molecule has 1 saturated heterocycles. The number of hydrogen-bond acceptors (Lipinski definition) is 4. The number of carbonyl (C=O) groups is 1. The maximum Gasteiger partial charge on any atom is 0.223 e. The molecule has 3 atom stereocenters. The second kappa shape index (κ2) is 7.96. The molecule has 2 aliphatic rings. The lowest BCUT2D eigenvalue weighted by molar-refractivity contribution is -0.126. The van der Waals surface area contributed by atoms with Crippen LogP contribution in [0, 0.1) is 11.8 Å². The average molecular weight is 283 g/mol. The Bertz CT molecular complexity index is 305. The standard InChI is InChI=1S/C15H29N3O2/c1-12-11-13(3-4-14(12)16)15(19)17-5-2-6-18-7-9-20-10-8-18/h12-14H,2-11,16H2,1H3,(H,17,19). The minimum atomic E-state index is 0.174. The van der Waals surface area contributed by atoms with Crippen LogP contribution in [0.4, 0.5) is 0 Å². The molecule has 1 aliphatic heterocycles. The van der Waals surface area contributed by atoms with Crippen molar-refractivity contribution in [3.63, 3.8) is 0 Å². The highest BCUT2D eigenvalue weighted by Crippen LogP contribution is 2.27. The maximum atomic E-state index is 12.1. The maximum absolute atomic E-state index is 12.1. The Labute approximate surface area is 122 Å². The van der Waals surface area contributed by atoms with Gasteiger partial charge in [0, 0.05) is 31.6 Å². The molecule has 1 aliphatic carbocycles. The van der Waals surface area contributed by atoms with Gasteiger partial charge in [-0.15, -0.1) is 0 Å². The summed E-state index contributed by atoms with van der Waals surface area (Å²) in [5.41, 5.74) is 6.00. The van der Waals surface area contributed by atoms with Crippen LogP contribution in [-0.2, 0) is 9.53 Å². The molecule has 1 amide bonds. The van der Waals surface area contributed by atoms with E-state index in [0.717, 1.165) is 65.1 Å². The summed E-state index contributed by atoms with van der Waals surface area (Å²) in [6.07, 6.45) is 3.89. The fourth-order valence-corrected chi connectivity index (χ4v) is 3.14. The number of nitrogens with one attached hydrogen (secondary N) is 1. The average Bonchev–Trinajstić information content (AvgIpc) is 2.47. The van der Waals surface area contributed by atoms with Crippen molar-refractivity contribution in [2.45, 2.75) is 38.6 Å². The molecule has 5 heteroatoms. The zero-order chi connectivity index (χ0) is 14.4. The van der Waals surface area contributed by atoms with Crippen molar-refractivity contribution >= 4 is 5.91 Å². The lowest BCUT2D eigenvalue weighted by atomic mass is 9.79. The van der Waals surface area contributed by atoms with Gasteiger partial charge in [-0.2, -0.15) is 0 Å². The van der Waals surface area contributed by atoms with Crippen molar-refractivity contribution in [1.29, 1.82) is 0 Å². The molecule has 3 N–H and O–H groups in total. The molecule has 1 saturated carbocycles. The highest BCUT2D eigenvalue weighted by molar-refractivity contribution is 5.78. The lowest BCUT2D eigenvalue weighted by Crippen LogP contribution is -2.41. The number of morpholine rings is 1. The highest BCUT2D eigenvalue weighted by atomic mass is 16.5. The first-order valence-corrected chi connectivity index (χ1v) is 8.00. The van der Waals surface area contributed by atoms with E-state index in [2.05, 4.69) is 17.1 Å². The number of nitrogens with zero attached hydrogens (tertiary/aromatic N) is 1. The molecule has 20 heavy (non-hydrogen) atoms. The van der Waals surface area contributed by atoms with Gasteiger partial charge in [-0.05, 0) is 38.1 Å². The first-order valence-electron chi connectivity index (χ1n) is 8.00. The Hall–Kier alpha value is -0.650. The van der Waals surface area contributed by atoms with E-state index in [1.165, 1.54) is 0 Å². The topological polar surface area (TPSA) is 67.6 Å². The summed E-state index contributed by atoms with van der Waals surface area (Å²) in [4.78, 5) is 14.5. The monoisotopic (exact) mass is 283 g/mol. The fourth-order valence-electron chi connectivity index (χ4n) is 3.14. The lowest BCUT2D eigenvalue weighted by Gasteiger charge is -2.31. The van der Waals surface area contributed by atoms with E-state index in [-0.39, 0.29) is 17.9 Å². The third-order valence-corrected chi connectivity index (χ3v) is 4.66. The number of amides is 1. The summed E-state index contributed by atoms with van der Waals surface area (Å²) in [6.45, 7) is 7.71. The molecule has 0 bridgehead atoms. The van der Waals surface area contributed by atoms with Crippen molar-refractivity contribution in [2.75, 3.05) is 39.4 Å². The minimum Gasteiger partial charge on any atom is -0.379 e. The molecule has 0 aromatic carbocycles. The molecule has 116 valence electrons. The van der Waals surface area contributed by atoms with Crippen molar-refractivity contribution in [1.82, 2.24) is 10.2 Å². The minimum absolute atomic E-state index is 0.174. The van der Waals surface area contributed by atoms with Crippen LogP contribution in [0.15, 0.2) is 0 Å². The Kier molecular flexibility index (Phi) is 6.26. The summed E-state index contributed by atoms with van der Waals surface area (Å²) in [5.74, 6) is 0.867. The number of carbonyl (C=O) groups excluding carboxylic acids is 1. The van der Waals surface area contributed by atoms with Crippen LogP contribution < -0.4 is 11.1 Å². The van der Waals surface area contributed by atoms with Gasteiger partial charge in [0.25, 0.3) is 0 Å². The first kappa shape index (κ1) is 15.7. The van der Waals surface area contributed by atoms with Crippen LogP contribution in [0.25, 0.3) is 0 Å². The second-order valence-electron chi connectivity index (χ2n) is 6.25. The van der Waals surface area contributed by atoms with Gasteiger partial charge in [-0.3, -0.25) is 9.69 Å². The van der Waals surface area contributed by atoms with Crippen molar-refractivity contribution in [2.24, 2.45) is 17.6 Å². The molecule has 0 aromatic rings. The van der Waals surface area contributed by atoms with Crippen LogP contribution in [0.1, 0.15) is 32.6 Å². The van der Waals surface area contributed by atoms with Crippen molar-refractivity contribution in [3.8, 4) is 0 Å². The molecule has 0 spiro atoms. The van der Waals surface area contributed by atoms with Crippen LogP contribution in [0.2, 0.25) is 0 Å². The van der Waals surface area contributed by atoms with Crippen LogP contribution in [0.3, 0.4) is 0 Å². The molecule has 1 heterocycles. The Balaban J connectivity index is 1.58. The van der Waals surface area contributed by atoms with Crippen LogP contribution >= 0.6 is 0 Å². The van der Waals surface area contributed by atoms with E-state index in [9.17, 15) is 4.79 Å². The number of hydrogen-bond donors (Lipinski definition) is 2. The van der Waals surface area contributed by atoms with Gasteiger partial charge in [-0.25, -0.2) is 0 Å². The summed E-state index contributed by atoms with van der Waals surface area (Å²) in [5, 5.41) is 3.09. The predicted octanol–water partition coefficient (Wildman–Crippen LogP) is 0.588. The van der Waals surface area contributed by atoms with Gasteiger partial charge in [0.2, 0.25) is 5.91 Å². The quantitative estimate of drug-likeness (QED) is 0.725. The smallest absolute Gasteiger partial charge is 0.223 e. The molecular formula is C15H29N3O2. The zero-order valence-corrected chi connectivity index (χ0v) is 12.6. The van der Waals surface area contributed by atoms with E-state index in [1.54, 1.807) is 0 Å². The van der Waals surface area contributed by atoms with E-state index in [1.807, 2.05) is 0 Å². The number of ether oxygens (including phenoxy) is 1. The molecule has 5 nitrogen and oxygen atoms in total. The van der Waals surface area contributed by atoms with Gasteiger partial charge in [0.05, 0.1) is 13.2 Å². The highest BCUT2D eigenvalue weighted by Gasteiger charge is 2.29. The van der Waals surface area contributed by atoms with Gasteiger partial charge in [0.1, 0.15) is 0 Å². The molecular weight excluding hydrogens is 254 g/mol. The summed E-state index contributed by atoms with van der Waals surface area (Å²) in [6, 6.07) is 0.278. The molecule has 0 aromatic heterocycles. The van der Waals surface area contributed by atoms with Crippen LogP contribution in [0.5, 0.6) is 0 Å². The zero-order valence-electron chi connectivity index (χ0n) is 12.6. The third kappa shape index (κ3) is 4.72. The molecule has 3 unspecified atom stereocenters. The molecule has 2 rings (SSSR count). The Morgan fingerprint density at radius 2 is 2.10 bits per heavy atom. The number of nitrogens with two attached hydrogens (primary N) is 1. The van der Waals surface area contributed by atoms with E-state index < -0.39 is 0 Å². The van der Waals surface area contributed by atoms with Gasteiger partial charge in [0.15, 0.2) is 0 Å². The van der Waals surface area contributed by atoms with Gasteiger partial charge >= 0.3 is 0 Å².